The molecule has 2 aromatic carbocycles. The number of carbonyl (C=O) groups is 2. The first-order valence-corrected chi connectivity index (χ1v) is 10.7. The number of carbonyl (C=O) groups excluding carboxylic acids is 2. The summed E-state index contributed by atoms with van der Waals surface area (Å²) in [5, 5.41) is 2.73. The van der Waals surface area contributed by atoms with Crippen LogP contribution in [0.4, 0.5) is 0 Å². The van der Waals surface area contributed by atoms with Gasteiger partial charge >= 0.3 is 0 Å². The number of aromatic nitrogens is 1. The van der Waals surface area contributed by atoms with Crippen LogP contribution in [0.25, 0.3) is 11.1 Å². The van der Waals surface area contributed by atoms with Crippen LogP contribution in [0.2, 0.25) is 0 Å². The van der Waals surface area contributed by atoms with Crippen molar-refractivity contribution in [2.45, 2.75) is 18.9 Å². The Kier molecular flexibility index (Phi) is 6.32. The minimum absolute atomic E-state index is 0.150. The van der Waals surface area contributed by atoms with Crippen LogP contribution in [0.5, 0.6) is 0 Å². The minimum Gasteiger partial charge on any atom is -0.361 e. The van der Waals surface area contributed by atoms with Crippen molar-refractivity contribution in [3.63, 3.8) is 0 Å². The number of ether oxygens (including phenoxy) is 1. The quantitative estimate of drug-likeness (QED) is 0.676. The van der Waals surface area contributed by atoms with Gasteiger partial charge in [-0.25, -0.2) is 0 Å². The molecule has 6 heteroatoms. The Morgan fingerprint density at radius 1 is 1.09 bits per heavy atom. The molecule has 0 bridgehead atoms. The molecule has 1 aliphatic rings. The van der Waals surface area contributed by atoms with Gasteiger partial charge in [0.1, 0.15) is 0 Å². The van der Waals surface area contributed by atoms with E-state index in [9.17, 15) is 9.59 Å². The molecule has 1 N–H and O–H groups in total. The Hall–Kier alpha value is -3.51. The summed E-state index contributed by atoms with van der Waals surface area (Å²) in [4.78, 5) is 31.7. The van der Waals surface area contributed by atoms with E-state index in [2.05, 4.69) is 53.6 Å². The number of amides is 2. The molecule has 164 valence electrons. The Morgan fingerprint density at radius 3 is 2.62 bits per heavy atom. The number of morpholine rings is 1. The van der Waals surface area contributed by atoms with Gasteiger partial charge in [0, 0.05) is 32.4 Å². The summed E-state index contributed by atoms with van der Waals surface area (Å²) in [7, 11) is 1.60. The van der Waals surface area contributed by atoms with Crippen molar-refractivity contribution in [1.82, 2.24) is 15.2 Å². The number of pyridine rings is 1. The lowest BCUT2D eigenvalue weighted by atomic mass is 9.89. The molecule has 1 atom stereocenters. The van der Waals surface area contributed by atoms with Gasteiger partial charge in [-0.05, 0) is 35.7 Å². The van der Waals surface area contributed by atoms with Crippen molar-refractivity contribution in [2.75, 3.05) is 26.7 Å². The van der Waals surface area contributed by atoms with Crippen LogP contribution < -0.4 is 5.32 Å². The highest BCUT2D eigenvalue weighted by molar-refractivity contribution is 5.95. The lowest BCUT2D eigenvalue weighted by Gasteiger charge is -2.41. The maximum atomic E-state index is 13.0. The summed E-state index contributed by atoms with van der Waals surface area (Å²) in [5.74, 6) is -0.384. The van der Waals surface area contributed by atoms with Gasteiger partial charge in [-0.3, -0.25) is 14.6 Å². The molecule has 1 aromatic heterocycles. The zero-order chi connectivity index (χ0) is 22.6. The molecule has 0 radical (unpaired) electrons. The molecular formula is C26H27N3O3. The van der Waals surface area contributed by atoms with Crippen LogP contribution in [-0.4, -0.2) is 54.0 Å². The van der Waals surface area contributed by atoms with Crippen LogP contribution in [0, 0.1) is 6.92 Å². The van der Waals surface area contributed by atoms with E-state index in [1.165, 1.54) is 5.56 Å². The lowest BCUT2D eigenvalue weighted by molar-refractivity contribution is -0.156. The van der Waals surface area contributed by atoms with Crippen molar-refractivity contribution >= 4 is 11.8 Å². The average Bonchev–Trinajstić information content (AvgIpc) is 2.84. The molecule has 6 nitrogen and oxygen atoms in total. The highest BCUT2D eigenvalue weighted by Gasteiger charge is 2.44. The summed E-state index contributed by atoms with van der Waals surface area (Å²) in [5.41, 5.74) is 3.72. The van der Waals surface area contributed by atoms with E-state index in [-0.39, 0.29) is 25.0 Å². The van der Waals surface area contributed by atoms with Gasteiger partial charge < -0.3 is 15.0 Å². The number of aryl methyl sites for hydroxylation is 1. The van der Waals surface area contributed by atoms with E-state index in [1.807, 2.05) is 12.1 Å². The monoisotopic (exact) mass is 429 g/mol. The zero-order valence-corrected chi connectivity index (χ0v) is 18.4. The lowest BCUT2D eigenvalue weighted by Crippen LogP contribution is -2.61. The standard InChI is InChI=1S/C26H27N3O3/c1-19-8-10-21(11-9-19)22-6-3-5-20(15-22)16-26(25(31)27-2)18-29(13-14-32-26)24(30)23-7-4-12-28-17-23/h3-12,15,17H,13-14,16,18H2,1-2H3,(H,27,31)/t26-/m1/s1. The van der Waals surface area contributed by atoms with Crippen LogP contribution in [-0.2, 0) is 16.0 Å². The van der Waals surface area contributed by atoms with Crippen molar-refractivity contribution in [1.29, 1.82) is 0 Å². The number of likely N-dealkylation sites (N-methyl/N-ethyl adjacent to an activating group) is 1. The Labute approximate surface area is 188 Å². The van der Waals surface area contributed by atoms with Crippen LogP contribution in [0.3, 0.4) is 0 Å². The van der Waals surface area contributed by atoms with E-state index in [4.69, 9.17) is 4.74 Å². The van der Waals surface area contributed by atoms with Gasteiger partial charge in [0.25, 0.3) is 11.8 Å². The fraction of sp³-hybridized carbons (Fsp3) is 0.269. The summed E-state index contributed by atoms with van der Waals surface area (Å²) in [6, 6.07) is 19.9. The highest BCUT2D eigenvalue weighted by Crippen LogP contribution is 2.28. The molecule has 1 saturated heterocycles. The predicted molar refractivity (Wildman–Crippen MR) is 123 cm³/mol. The second kappa shape index (κ2) is 9.32. The Balaban J connectivity index is 1.61. The smallest absolute Gasteiger partial charge is 0.255 e. The SMILES string of the molecule is CNC(=O)[C@@]1(Cc2cccc(-c3ccc(C)cc3)c2)CN(C(=O)c2cccnc2)CCO1. The molecule has 0 aliphatic carbocycles. The number of nitrogens with one attached hydrogen (secondary N) is 1. The maximum absolute atomic E-state index is 13.0. The fourth-order valence-corrected chi connectivity index (χ4v) is 4.12. The summed E-state index contributed by atoms with van der Waals surface area (Å²) >= 11 is 0. The number of hydrogen-bond acceptors (Lipinski definition) is 4. The Morgan fingerprint density at radius 2 is 1.91 bits per heavy atom. The first-order chi connectivity index (χ1) is 15.5. The zero-order valence-electron chi connectivity index (χ0n) is 18.4. The van der Waals surface area contributed by atoms with E-state index in [0.29, 0.717) is 18.5 Å². The normalized spacial score (nSPS) is 18.2. The van der Waals surface area contributed by atoms with Crippen molar-refractivity contribution in [3.05, 3.63) is 89.7 Å². The molecule has 0 spiro atoms. The summed E-state index contributed by atoms with van der Waals surface area (Å²) in [6.45, 7) is 2.95. The highest BCUT2D eigenvalue weighted by atomic mass is 16.5. The van der Waals surface area contributed by atoms with Crippen molar-refractivity contribution < 1.29 is 14.3 Å². The van der Waals surface area contributed by atoms with E-state index in [1.54, 1.807) is 36.5 Å². The van der Waals surface area contributed by atoms with Crippen molar-refractivity contribution in [2.24, 2.45) is 0 Å². The summed E-state index contributed by atoms with van der Waals surface area (Å²) < 4.78 is 6.08. The molecule has 3 aromatic rings. The van der Waals surface area contributed by atoms with Crippen molar-refractivity contribution in [3.8, 4) is 11.1 Å². The predicted octanol–water partition coefficient (Wildman–Crippen LogP) is 3.26. The number of rotatable bonds is 5. The van der Waals surface area contributed by atoms with Gasteiger partial charge in [0.2, 0.25) is 0 Å². The topological polar surface area (TPSA) is 71.5 Å². The maximum Gasteiger partial charge on any atom is 0.255 e. The second-order valence-electron chi connectivity index (χ2n) is 8.13. The van der Waals surface area contributed by atoms with E-state index >= 15 is 0 Å². The minimum atomic E-state index is -1.16. The fourth-order valence-electron chi connectivity index (χ4n) is 4.12. The molecule has 4 rings (SSSR count). The van der Waals surface area contributed by atoms with Crippen LogP contribution in [0.15, 0.2) is 73.1 Å². The number of hydrogen-bond donors (Lipinski definition) is 1. The Bertz CT molecular complexity index is 1100. The number of benzene rings is 2. The second-order valence-corrected chi connectivity index (χ2v) is 8.13. The van der Waals surface area contributed by atoms with E-state index in [0.717, 1.165) is 16.7 Å². The molecule has 1 aliphatic heterocycles. The van der Waals surface area contributed by atoms with Gasteiger partial charge in [-0.1, -0.05) is 54.1 Å². The molecule has 1 fully saturated rings. The largest absolute Gasteiger partial charge is 0.361 e. The number of nitrogens with zero attached hydrogens (tertiary/aromatic N) is 2. The third kappa shape index (κ3) is 4.55. The molecule has 32 heavy (non-hydrogen) atoms. The van der Waals surface area contributed by atoms with Gasteiger partial charge in [-0.15, -0.1) is 0 Å². The van der Waals surface area contributed by atoms with E-state index < -0.39 is 5.60 Å². The first-order valence-electron chi connectivity index (χ1n) is 10.7. The molecule has 2 amide bonds. The molecule has 0 unspecified atom stereocenters. The molecule has 2 heterocycles. The van der Waals surface area contributed by atoms with Gasteiger partial charge in [-0.2, -0.15) is 0 Å². The summed E-state index contributed by atoms with van der Waals surface area (Å²) in [6.07, 6.45) is 3.54. The van der Waals surface area contributed by atoms with Crippen LogP contribution >= 0.6 is 0 Å². The average molecular weight is 430 g/mol. The molecule has 0 saturated carbocycles. The van der Waals surface area contributed by atoms with Gasteiger partial charge in [0.15, 0.2) is 5.60 Å². The van der Waals surface area contributed by atoms with Gasteiger partial charge in [0.05, 0.1) is 18.7 Å². The third-order valence-corrected chi connectivity index (χ3v) is 5.82. The van der Waals surface area contributed by atoms with Crippen LogP contribution in [0.1, 0.15) is 21.5 Å². The first kappa shape index (κ1) is 21.7. The third-order valence-electron chi connectivity index (χ3n) is 5.82. The molecular weight excluding hydrogens is 402 g/mol.